The average molecular weight is 246 g/mol. The quantitative estimate of drug-likeness (QED) is 0.836. The number of aliphatic carboxylic acids is 1. The first-order chi connectivity index (χ1) is 7.50. The van der Waals surface area contributed by atoms with Gasteiger partial charge in [0.2, 0.25) is 0 Å². The molecule has 0 aliphatic heterocycles. The Kier molecular flexibility index (Phi) is 4.71. The van der Waals surface area contributed by atoms with Gasteiger partial charge in [0.05, 0.1) is 0 Å². The van der Waals surface area contributed by atoms with E-state index < -0.39 is 17.8 Å². The van der Waals surface area contributed by atoms with E-state index in [-0.39, 0.29) is 12.8 Å². The molecule has 1 atom stereocenters. The van der Waals surface area contributed by atoms with Crippen LogP contribution in [0.15, 0.2) is 18.2 Å². The summed E-state index contributed by atoms with van der Waals surface area (Å²) in [7, 11) is 0. The summed E-state index contributed by atoms with van der Waals surface area (Å²) in [5.74, 6) is -1.31. The minimum absolute atomic E-state index is 0.0206. The van der Waals surface area contributed by atoms with Crippen molar-refractivity contribution in [2.45, 2.75) is 25.3 Å². The van der Waals surface area contributed by atoms with Crippen LogP contribution >= 0.6 is 11.6 Å². The van der Waals surface area contributed by atoms with Crippen LogP contribution in [0, 0.1) is 5.82 Å². The number of halogens is 2. The van der Waals surface area contributed by atoms with Crippen LogP contribution in [-0.2, 0) is 11.2 Å². The third kappa shape index (κ3) is 3.79. The molecule has 0 saturated heterocycles. The molecule has 0 heterocycles. The number of benzene rings is 1. The van der Waals surface area contributed by atoms with E-state index in [0.717, 1.165) is 0 Å². The highest BCUT2D eigenvalue weighted by molar-refractivity contribution is 6.31. The summed E-state index contributed by atoms with van der Waals surface area (Å²) in [5, 5.41) is 8.81. The van der Waals surface area contributed by atoms with Gasteiger partial charge in [0.1, 0.15) is 5.82 Å². The predicted molar refractivity (Wildman–Crippen MR) is 60.0 cm³/mol. The van der Waals surface area contributed by atoms with Crippen LogP contribution in [0.4, 0.5) is 4.39 Å². The fourth-order valence-corrected chi connectivity index (χ4v) is 1.64. The first-order valence-corrected chi connectivity index (χ1v) is 5.28. The number of carboxylic acid groups (broad SMARTS) is 1. The Morgan fingerprint density at radius 2 is 2.25 bits per heavy atom. The van der Waals surface area contributed by atoms with Gasteiger partial charge < -0.3 is 10.8 Å². The fraction of sp³-hybridized carbons (Fsp3) is 0.364. The van der Waals surface area contributed by atoms with Gasteiger partial charge in [-0.2, -0.15) is 0 Å². The molecule has 88 valence electrons. The molecule has 0 fully saturated rings. The molecule has 0 aliphatic rings. The smallest absolute Gasteiger partial charge is 0.303 e. The molecule has 0 amide bonds. The van der Waals surface area contributed by atoms with Crippen LogP contribution < -0.4 is 5.73 Å². The molecule has 5 heteroatoms. The maximum atomic E-state index is 13.4. The summed E-state index contributed by atoms with van der Waals surface area (Å²) in [6, 6.07) is 4.02. The Bertz CT molecular complexity index is 364. The zero-order chi connectivity index (χ0) is 12.1. The summed E-state index contributed by atoms with van der Waals surface area (Å²) in [5.41, 5.74) is 6.05. The maximum Gasteiger partial charge on any atom is 0.303 e. The van der Waals surface area contributed by atoms with Crippen molar-refractivity contribution in [3.8, 4) is 0 Å². The largest absolute Gasteiger partial charge is 0.481 e. The molecule has 0 aromatic heterocycles. The molecule has 0 aliphatic carbocycles. The minimum atomic E-state index is -0.907. The lowest BCUT2D eigenvalue weighted by atomic mass is 10.0. The summed E-state index contributed by atoms with van der Waals surface area (Å²) < 4.78 is 13.4. The normalized spacial score (nSPS) is 12.4. The van der Waals surface area contributed by atoms with Crippen molar-refractivity contribution in [3.63, 3.8) is 0 Å². The van der Waals surface area contributed by atoms with Gasteiger partial charge >= 0.3 is 5.97 Å². The zero-order valence-electron chi connectivity index (χ0n) is 8.62. The summed E-state index contributed by atoms with van der Waals surface area (Å²) in [4.78, 5) is 10.3. The second-order valence-corrected chi connectivity index (χ2v) is 4.00. The van der Waals surface area contributed by atoms with Crippen molar-refractivity contribution >= 4 is 17.6 Å². The van der Waals surface area contributed by atoms with Gasteiger partial charge in [-0.15, -0.1) is 0 Å². The Balaban J connectivity index is 2.62. The van der Waals surface area contributed by atoms with Gasteiger partial charge in [0, 0.05) is 23.0 Å². The number of nitrogens with two attached hydrogens (primary N) is 1. The van der Waals surface area contributed by atoms with Crippen LogP contribution in [0.2, 0.25) is 5.02 Å². The monoisotopic (exact) mass is 245 g/mol. The molecule has 1 aromatic rings. The van der Waals surface area contributed by atoms with E-state index in [1.807, 2.05) is 0 Å². The third-order valence-corrected chi connectivity index (χ3v) is 2.61. The molecule has 3 N–H and O–H groups in total. The lowest BCUT2D eigenvalue weighted by molar-refractivity contribution is -0.137. The second-order valence-electron chi connectivity index (χ2n) is 3.60. The first kappa shape index (κ1) is 12.9. The first-order valence-electron chi connectivity index (χ1n) is 4.91. The number of carbonyl (C=O) groups is 1. The molecule has 1 aromatic carbocycles. The summed E-state index contributed by atoms with van der Waals surface area (Å²) in [6.45, 7) is 0. The minimum Gasteiger partial charge on any atom is -0.481 e. The lowest BCUT2D eigenvalue weighted by Crippen LogP contribution is -2.24. The van der Waals surface area contributed by atoms with Crippen molar-refractivity contribution < 1.29 is 14.3 Å². The van der Waals surface area contributed by atoms with Gasteiger partial charge in [0.25, 0.3) is 0 Å². The summed E-state index contributed by atoms with van der Waals surface area (Å²) in [6.07, 6.45) is 0.534. The maximum absolute atomic E-state index is 13.4. The van der Waals surface area contributed by atoms with E-state index >= 15 is 0 Å². The molecule has 3 nitrogen and oxygen atoms in total. The van der Waals surface area contributed by atoms with Crippen LogP contribution in [0.1, 0.15) is 18.4 Å². The van der Waals surface area contributed by atoms with Gasteiger partial charge in [0.15, 0.2) is 0 Å². The van der Waals surface area contributed by atoms with Crippen LogP contribution in [-0.4, -0.2) is 17.1 Å². The topological polar surface area (TPSA) is 63.3 Å². The Morgan fingerprint density at radius 1 is 1.56 bits per heavy atom. The van der Waals surface area contributed by atoms with Gasteiger partial charge in [-0.1, -0.05) is 17.7 Å². The third-order valence-electron chi connectivity index (χ3n) is 2.26. The van der Waals surface area contributed by atoms with E-state index in [1.54, 1.807) is 6.07 Å². The van der Waals surface area contributed by atoms with Crippen LogP contribution in [0.25, 0.3) is 0 Å². The van der Waals surface area contributed by atoms with E-state index in [4.69, 9.17) is 22.4 Å². The average Bonchev–Trinajstić information content (AvgIpc) is 2.21. The van der Waals surface area contributed by atoms with Gasteiger partial charge in [-0.05, 0) is 25.0 Å². The van der Waals surface area contributed by atoms with Crippen LogP contribution in [0.5, 0.6) is 0 Å². The molecular weight excluding hydrogens is 233 g/mol. The molecule has 1 rings (SSSR count). The molecule has 0 bridgehead atoms. The lowest BCUT2D eigenvalue weighted by Gasteiger charge is -2.12. The van der Waals surface area contributed by atoms with E-state index in [9.17, 15) is 9.18 Å². The highest BCUT2D eigenvalue weighted by Crippen LogP contribution is 2.20. The molecule has 0 spiro atoms. The number of hydrogen-bond donors (Lipinski definition) is 2. The van der Waals surface area contributed by atoms with Crippen molar-refractivity contribution in [1.29, 1.82) is 0 Å². The van der Waals surface area contributed by atoms with Crippen molar-refractivity contribution in [2.24, 2.45) is 5.73 Å². The standard InChI is InChI=1S/C11H13ClFNO2/c12-9-2-1-3-10(13)8(9)6-7(14)4-5-11(15)16/h1-3,7H,4-6,14H2,(H,15,16). The van der Waals surface area contributed by atoms with Gasteiger partial charge in [-0.3, -0.25) is 4.79 Å². The molecule has 16 heavy (non-hydrogen) atoms. The summed E-state index contributed by atoms with van der Waals surface area (Å²) >= 11 is 5.82. The van der Waals surface area contributed by atoms with E-state index in [2.05, 4.69) is 0 Å². The number of rotatable bonds is 5. The van der Waals surface area contributed by atoms with Crippen molar-refractivity contribution in [2.75, 3.05) is 0 Å². The highest BCUT2D eigenvalue weighted by atomic mass is 35.5. The highest BCUT2D eigenvalue weighted by Gasteiger charge is 2.12. The Labute approximate surface area is 98.0 Å². The number of carboxylic acids is 1. The number of hydrogen-bond acceptors (Lipinski definition) is 2. The van der Waals surface area contributed by atoms with E-state index in [1.165, 1.54) is 12.1 Å². The molecule has 1 unspecified atom stereocenters. The molecular formula is C11H13ClFNO2. The fourth-order valence-electron chi connectivity index (χ4n) is 1.40. The Hall–Kier alpha value is -1.13. The Morgan fingerprint density at radius 3 is 2.81 bits per heavy atom. The predicted octanol–water partition coefficient (Wildman–Crippen LogP) is 2.21. The van der Waals surface area contributed by atoms with Crippen molar-refractivity contribution in [1.82, 2.24) is 0 Å². The zero-order valence-corrected chi connectivity index (χ0v) is 9.38. The van der Waals surface area contributed by atoms with E-state index in [0.29, 0.717) is 17.0 Å². The molecule has 0 saturated carbocycles. The molecule has 0 radical (unpaired) electrons. The second kappa shape index (κ2) is 5.82. The van der Waals surface area contributed by atoms with Crippen molar-refractivity contribution in [3.05, 3.63) is 34.6 Å². The van der Waals surface area contributed by atoms with Gasteiger partial charge in [-0.25, -0.2) is 4.39 Å². The SMILES string of the molecule is NC(CCC(=O)O)Cc1c(F)cccc1Cl. The van der Waals surface area contributed by atoms with Crippen LogP contribution in [0.3, 0.4) is 0 Å².